The van der Waals surface area contributed by atoms with Crippen LogP contribution in [0.1, 0.15) is 29.8 Å². The zero-order valence-electron chi connectivity index (χ0n) is 15.4. The van der Waals surface area contributed by atoms with E-state index in [0.29, 0.717) is 29.0 Å². The second kappa shape index (κ2) is 7.95. The van der Waals surface area contributed by atoms with Gasteiger partial charge in [-0.25, -0.2) is 4.79 Å². The van der Waals surface area contributed by atoms with E-state index in [1.165, 1.54) is 6.07 Å². The molecule has 0 spiro atoms. The van der Waals surface area contributed by atoms with Crippen LogP contribution < -0.4 is 20.4 Å². The summed E-state index contributed by atoms with van der Waals surface area (Å²) >= 11 is 0. The Bertz CT molecular complexity index is 1020. The molecule has 3 aromatic rings. The lowest BCUT2D eigenvalue weighted by Crippen LogP contribution is -2.24. The standard InChI is InChI=1S/C21H21NO5/c1-13(2)26-16-7-8-17-18(11-20(23)27-19(17)10-16)21(24)22-12-14-5-4-6-15(9-14)25-3/h4-11,13H,12H2,1-3H3,(H,22,24). The van der Waals surface area contributed by atoms with E-state index in [1.54, 1.807) is 25.3 Å². The molecule has 2 aromatic carbocycles. The van der Waals surface area contributed by atoms with E-state index >= 15 is 0 Å². The summed E-state index contributed by atoms with van der Waals surface area (Å²) in [4.78, 5) is 24.5. The number of fused-ring (bicyclic) bond motifs is 1. The Labute approximate surface area is 156 Å². The Balaban J connectivity index is 1.86. The zero-order valence-corrected chi connectivity index (χ0v) is 15.4. The normalized spacial score (nSPS) is 10.8. The van der Waals surface area contributed by atoms with Crippen molar-refractivity contribution in [1.82, 2.24) is 5.32 Å². The van der Waals surface area contributed by atoms with E-state index in [9.17, 15) is 9.59 Å². The third-order valence-electron chi connectivity index (χ3n) is 3.92. The number of ether oxygens (including phenoxy) is 2. The first-order valence-electron chi connectivity index (χ1n) is 8.62. The van der Waals surface area contributed by atoms with Crippen LogP contribution in [-0.4, -0.2) is 19.1 Å². The van der Waals surface area contributed by atoms with Crippen molar-refractivity contribution in [3.05, 3.63) is 70.1 Å². The molecule has 1 N–H and O–H groups in total. The van der Waals surface area contributed by atoms with Gasteiger partial charge in [-0.2, -0.15) is 0 Å². The molecule has 0 saturated carbocycles. The van der Waals surface area contributed by atoms with Crippen molar-refractivity contribution in [3.8, 4) is 11.5 Å². The van der Waals surface area contributed by atoms with Gasteiger partial charge in [-0.15, -0.1) is 0 Å². The van der Waals surface area contributed by atoms with Gasteiger partial charge in [0.15, 0.2) is 0 Å². The van der Waals surface area contributed by atoms with E-state index in [0.717, 1.165) is 5.56 Å². The molecule has 0 aliphatic heterocycles. The fourth-order valence-corrected chi connectivity index (χ4v) is 2.74. The Morgan fingerprint density at radius 1 is 1.11 bits per heavy atom. The highest BCUT2D eigenvalue weighted by atomic mass is 16.5. The van der Waals surface area contributed by atoms with Crippen LogP contribution in [0.3, 0.4) is 0 Å². The van der Waals surface area contributed by atoms with Crippen LogP contribution in [0, 0.1) is 0 Å². The molecule has 0 fully saturated rings. The number of methoxy groups -OCH3 is 1. The smallest absolute Gasteiger partial charge is 0.337 e. The molecule has 3 rings (SSSR count). The number of carbonyl (C=O) groups is 1. The lowest BCUT2D eigenvalue weighted by atomic mass is 10.1. The van der Waals surface area contributed by atoms with Crippen LogP contribution in [0.2, 0.25) is 0 Å². The SMILES string of the molecule is COc1cccc(CNC(=O)c2cc(=O)oc3cc(OC(C)C)ccc23)c1. The maximum Gasteiger partial charge on any atom is 0.337 e. The van der Waals surface area contributed by atoms with Crippen molar-refractivity contribution >= 4 is 16.9 Å². The van der Waals surface area contributed by atoms with Crippen LogP contribution >= 0.6 is 0 Å². The molecule has 0 radical (unpaired) electrons. The van der Waals surface area contributed by atoms with Gasteiger partial charge in [0.1, 0.15) is 17.1 Å². The lowest BCUT2D eigenvalue weighted by Gasteiger charge is -2.11. The summed E-state index contributed by atoms with van der Waals surface area (Å²) in [6, 6.07) is 13.7. The minimum Gasteiger partial charge on any atom is -0.497 e. The zero-order chi connectivity index (χ0) is 19.4. The van der Waals surface area contributed by atoms with Crippen LogP contribution in [0.25, 0.3) is 11.0 Å². The van der Waals surface area contributed by atoms with Crippen molar-refractivity contribution in [1.29, 1.82) is 0 Å². The second-order valence-corrected chi connectivity index (χ2v) is 6.34. The van der Waals surface area contributed by atoms with Gasteiger partial charge in [-0.3, -0.25) is 4.79 Å². The maximum atomic E-state index is 12.6. The molecule has 1 amide bonds. The molecule has 0 atom stereocenters. The molecule has 0 saturated heterocycles. The number of carbonyl (C=O) groups excluding carboxylic acids is 1. The first-order chi connectivity index (χ1) is 13.0. The fourth-order valence-electron chi connectivity index (χ4n) is 2.74. The molecule has 0 bridgehead atoms. The quantitative estimate of drug-likeness (QED) is 0.675. The molecule has 1 heterocycles. The molecular formula is C21H21NO5. The van der Waals surface area contributed by atoms with Crippen molar-refractivity contribution in [2.45, 2.75) is 26.5 Å². The molecule has 1 aromatic heterocycles. The summed E-state index contributed by atoms with van der Waals surface area (Å²) < 4.78 is 16.0. The monoisotopic (exact) mass is 367 g/mol. The summed E-state index contributed by atoms with van der Waals surface area (Å²) in [6.45, 7) is 4.12. The van der Waals surface area contributed by atoms with E-state index < -0.39 is 5.63 Å². The van der Waals surface area contributed by atoms with Crippen molar-refractivity contribution in [2.75, 3.05) is 7.11 Å². The third kappa shape index (κ3) is 4.47. The predicted octanol–water partition coefficient (Wildman–Crippen LogP) is 3.52. The fraction of sp³-hybridized carbons (Fsp3) is 0.238. The van der Waals surface area contributed by atoms with Gasteiger partial charge in [-0.05, 0) is 43.7 Å². The van der Waals surface area contributed by atoms with Crippen molar-refractivity contribution < 1.29 is 18.7 Å². The van der Waals surface area contributed by atoms with Crippen molar-refractivity contribution in [3.63, 3.8) is 0 Å². The van der Waals surface area contributed by atoms with E-state index in [4.69, 9.17) is 13.9 Å². The largest absolute Gasteiger partial charge is 0.497 e. The lowest BCUT2D eigenvalue weighted by molar-refractivity contribution is 0.0952. The number of hydrogen-bond donors (Lipinski definition) is 1. The van der Waals surface area contributed by atoms with Crippen LogP contribution in [0.4, 0.5) is 0 Å². The second-order valence-electron chi connectivity index (χ2n) is 6.34. The summed E-state index contributed by atoms with van der Waals surface area (Å²) in [5.41, 5.74) is 0.880. The molecule has 140 valence electrons. The Morgan fingerprint density at radius 3 is 2.67 bits per heavy atom. The number of amides is 1. The van der Waals surface area contributed by atoms with Gasteiger partial charge in [0.05, 0.1) is 18.8 Å². The minimum atomic E-state index is -0.587. The Kier molecular flexibility index (Phi) is 5.45. The number of rotatable bonds is 6. The van der Waals surface area contributed by atoms with Gasteiger partial charge >= 0.3 is 5.63 Å². The highest BCUT2D eigenvalue weighted by molar-refractivity contribution is 6.05. The molecule has 0 unspecified atom stereocenters. The number of nitrogens with one attached hydrogen (secondary N) is 1. The summed E-state index contributed by atoms with van der Waals surface area (Å²) in [5, 5.41) is 3.38. The summed E-state index contributed by atoms with van der Waals surface area (Å²) in [6.07, 6.45) is -0.0106. The molecular weight excluding hydrogens is 346 g/mol. The van der Waals surface area contributed by atoms with Crippen molar-refractivity contribution in [2.24, 2.45) is 0 Å². The van der Waals surface area contributed by atoms with Crippen LogP contribution in [-0.2, 0) is 6.54 Å². The van der Waals surface area contributed by atoms with Crippen LogP contribution in [0.15, 0.2) is 57.7 Å². The Morgan fingerprint density at radius 2 is 1.93 bits per heavy atom. The van der Waals surface area contributed by atoms with Gasteiger partial charge in [0.25, 0.3) is 5.91 Å². The molecule has 0 aliphatic rings. The molecule has 0 aliphatic carbocycles. The van der Waals surface area contributed by atoms with Gasteiger partial charge in [0, 0.05) is 24.1 Å². The Hall–Kier alpha value is -3.28. The summed E-state index contributed by atoms with van der Waals surface area (Å²) in [5.74, 6) is 0.938. The third-order valence-corrected chi connectivity index (χ3v) is 3.92. The maximum absolute atomic E-state index is 12.6. The van der Waals surface area contributed by atoms with Gasteiger partial charge < -0.3 is 19.2 Å². The minimum absolute atomic E-state index is 0.0106. The van der Waals surface area contributed by atoms with E-state index in [-0.39, 0.29) is 17.6 Å². The van der Waals surface area contributed by atoms with Gasteiger partial charge in [-0.1, -0.05) is 12.1 Å². The average molecular weight is 367 g/mol. The average Bonchev–Trinajstić information content (AvgIpc) is 2.64. The first-order valence-corrected chi connectivity index (χ1v) is 8.62. The molecule has 6 heteroatoms. The molecule has 6 nitrogen and oxygen atoms in total. The highest BCUT2D eigenvalue weighted by Gasteiger charge is 2.14. The van der Waals surface area contributed by atoms with E-state index in [1.807, 2.05) is 38.1 Å². The first kappa shape index (κ1) is 18.5. The topological polar surface area (TPSA) is 77.8 Å². The highest BCUT2D eigenvalue weighted by Crippen LogP contribution is 2.23. The predicted molar refractivity (Wildman–Crippen MR) is 102 cm³/mol. The van der Waals surface area contributed by atoms with Crippen LogP contribution in [0.5, 0.6) is 11.5 Å². The molecule has 27 heavy (non-hydrogen) atoms. The summed E-state index contributed by atoms with van der Waals surface area (Å²) in [7, 11) is 1.59. The number of benzene rings is 2. The van der Waals surface area contributed by atoms with Gasteiger partial charge in [0.2, 0.25) is 0 Å². The van der Waals surface area contributed by atoms with E-state index in [2.05, 4.69) is 5.32 Å². The number of hydrogen-bond acceptors (Lipinski definition) is 5.